The summed E-state index contributed by atoms with van der Waals surface area (Å²) in [6, 6.07) is 6.86. The molecule has 0 radical (unpaired) electrons. The summed E-state index contributed by atoms with van der Waals surface area (Å²) in [5.74, 6) is 1.61. The van der Waals surface area contributed by atoms with E-state index < -0.39 is 0 Å². The molecule has 0 saturated heterocycles. The summed E-state index contributed by atoms with van der Waals surface area (Å²) in [6.45, 7) is 6.54. The Morgan fingerprint density at radius 2 is 2.07 bits per heavy atom. The van der Waals surface area contributed by atoms with Gasteiger partial charge in [-0.25, -0.2) is 0 Å². The maximum absolute atomic E-state index is 5.78. The van der Waals surface area contributed by atoms with E-state index in [1.807, 2.05) is 7.05 Å². The molecule has 2 nitrogen and oxygen atoms in total. The van der Waals surface area contributed by atoms with Crippen molar-refractivity contribution in [2.75, 3.05) is 7.05 Å². The van der Waals surface area contributed by atoms with Gasteiger partial charge in [-0.2, -0.15) is 0 Å². The molecule has 0 amide bonds. The van der Waals surface area contributed by atoms with Crippen LogP contribution in [0.2, 0.25) is 0 Å². The molecule has 0 bridgehead atoms. The van der Waals surface area contributed by atoms with Crippen molar-refractivity contribution in [3.05, 3.63) is 29.3 Å². The van der Waals surface area contributed by atoms with Crippen molar-refractivity contribution in [2.45, 2.75) is 38.8 Å². The van der Waals surface area contributed by atoms with Crippen molar-refractivity contribution < 1.29 is 4.74 Å². The van der Waals surface area contributed by atoms with Gasteiger partial charge in [0.15, 0.2) is 0 Å². The molecule has 1 aromatic rings. The van der Waals surface area contributed by atoms with Gasteiger partial charge in [0.25, 0.3) is 0 Å². The van der Waals surface area contributed by atoms with Gasteiger partial charge in [0.1, 0.15) is 11.9 Å². The molecule has 2 atom stereocenters. The van der Waals surface area contributed by atoms with Crippen LogP contribution in [0.5, 0.6) is 5.75 Å². The molecular formula is C13H19NO. The molecule has 1 aliphatic heterocycles. The van der Waals surface area contributed by atoms with Gasteiger partial charge in [0.2, 0.25) is 0 Å². The molecule has 0 spiro atoms. The minimum atomic E-state index is 0.229. The average Bonchev–Trinajstić information content (AvgIpc) is 2.51. The number of hydrogen-bond acceptors (Lipinski definition) is 2. The number of likely N-dealkylation sites (N-methyl/N-ethyl adjacent to an activating group) is 1. The fraction of sp³-hybridized carbons (Fsp3) is 0.538. The molecule has 1 aromatic carbocycles. The topological polar surface area (TPSA) is 21.3 Å². The third-order valence-electron chi connectivity index (χ3n) is 3.13. The number of fused-ring (bicyclic) bond motifs is 1. The third kappa shape index (κ3) is 1.74. The lowest BCUT2D eigenvalue weighted by Crippen LogP contribution is -2.25. The van der Waals surface area contributed by atoms with Crippen LogP contribution in [0.25, 0.3) is 0 Å². The normalized spacial score (nSPS) is 24.1. The zero-order chi connectivity index (χ0) is 11.0. The summed E-state index contributed by atoms with van der Waals surface area (Å²) in [7, 11) is 1.99. The lowest BCUT2D eigenvalue weighted by Gasteiger charge is -2.13. The highest BCUT2D eigenvalue weighted by atomic mass is 16.5. The van der Waals surface area contributed by atoms with E-state index in [9.17, 15) is 0 Å². The third-order valence-corrected chi connectivity index (χ3v) is 3.13. The number of nitrogens with one attached hydrogen (secondary N) is 1. The number of benzene rings is 1. The number of ether oxygens (including phenoxy) is 1. The predicted octanol–water partition coefficient (Wildman–Crippen LogP) is 2.85. The first-order valence-electron chi connectivity index (χ1n) is 5.61. The van der Waals surface area contributed by atoms with E-state index in [2.05, 4.69) is 44.3 Å². The molecule has 82 valence electrons. The second-order valence-corrected chi connectivity index (χ2v) is 4.54. The summed E-state index contributed by atoms with van der Waals surface area (Å²) >= 11 is 0. The molecule has 15 heavy (non-hydrogen) atoms. The standard InChI is InChI=1S/C13H19NO/c1-8(2)10-5-6-12-11(7-10)13(14-4)9(3)15-12/h5-9,13-14H,1-4H3. The minimum Gasteiger partial charge on any atom is -0.488 e. The quantitative estimate of drug-likeness (QED) is 0.801. The number of hydrogen-bond donors (Lipinski definition) is 1. The van der Waals surface area contributed by atoms with Gasteiger partial charge in [-0.15, -0.1) is 0 Å². The largest absolute Gasteiger partial charge is 0.488 e. The SMILES string of the molecule is CNC1c2cc(C(C)C)ccc2OC1C. The molecule has 1 N–H and O–H groups in total. The first-order chi connectivity index (χ1) is 7.13. The maximum Gasteiger partial charge on any atom is 0.124 e. The molecule has 0 fully saturated rings. The Morgan fingerprint density at radius 1 is 1.33 bits per heavy atom. The maximum atomic E-state index is 5.78. The van der Waals surface area contributed by atoms with E-state index in [-0.39, 0.29) is 6.10 Å². The van der Waals surface area contributed by atoms with Crippen LogP contribution in [0.15, 0.2) is 18.2 Å². The highest BCUT2D eigenvalue weighted by molar-refractivity contribution is 5.44. The Labute approximate surface area is 91.6 Å². The van der Waals surface area contributed by atoms with Crippen molar-refractivity contribution >= 4 is 0 Å². The molecule has 1 aliphatic rings. The van der Waals surface area contributed by atoms with Gasteiger partial charge in [-0.3, -0.25) is 0 Å². The van der Waals surface area contributed by atoms with Crippen LogP contribution >= 0.6 is 0 Å². The predicted molar refractivity (Wildman–Crippen MR) is 62.4 cm³/mol. The van der Waals surface area contributed by atoms with Gasteiger partial charge < -0.3 is 10.1 Å². The molecule has 1 heterocycles. The zero-order valence-electron chi connectivity index (χ0n) is 9.87. The van der Waals surface area contributed by atoms with Crippen molar-refractivity contribution in [1.82, 2.24) is 5.32 Å². The van der Waals surface area contributed by atoms with Crippen LogP contribution in [0.3, 0.4) is 0 Å². The van der Waals surface area contributed by atoms with Crippen LogP contribution in [0.1, 0.15) is 43.9 Å². The van der Waals surface area contributed by atoms with Crippen LogP contribution in [0, 0.1) is 0 Å². The first-order valence-corrected chi connectivity index (χ1v) is 5.61. The Balaban J connectivity index is 2.40. The molecule has 2 rings (SSSR count). The van der Waals surface area contributed by atoms with Gasteiger partial charge in [0.05, 0.1) is 6.04 Å². The zero-order valence-corrected chi connectivity index (χ0v) is 9.87. The summed E-state index contributed by atoms with van der Waals surface area (Å²) in [6.07, 6.45) is 0.229. The van der Waals surface area contributed by atoms with Crippen LogP contribution in [0.4, 0.5) is 0 Å². The summed E-state index contributed by atoms with van der Waals surface area (Å²) in [4.78, 5) is 0. The smallest absolute Gasteiger partial charge is 0.124 e. The van der Waals surface area contributed by atoms with Crippen molar-refractivity contribution in [1.29, 1.82) is 0 Å². The van der Waals surface area contributed by atoms with Crippen molar-refractivity contribution in [3.8, 4) is 5.75 Å². The van der Waals surface area contributed by atoms with Gasteiger partial charge in [-0.05, 0) is 31.5 Å². The minimum absolute atomic E-state index is 0.229. The van der Waals surface area contributed by atoms with E-state index in [1.54, 1.807) is 0 Å². The number of rotatable bonds is 2. The van der Waals surface area contributed by atoms with Crippen LogP contribution < -0.4 is 10.1 Å². The fourth-order valence-electron chi connectivity index (χ4n) is 2.19. The van der Waals surface area contributed by atoms with E-state index >= 15 is 0 Å². The Hall–Kier alpha value is -1.02. The summed E-state index contributed by atoms with van der Waals surface area (Å²) < 4.78 is 5.78. The van der Waals surface area contributed by atoms with E-state index in [1.165, 1.54) is 11.1 Å². The van der Waals surface area contributed by atoms with Crippen LogP contribution in [-0.2, 0) is 0 Å². The lowest BCUT2D eigenvalue weighted by molar-refractivity contribution is 0.214. The van der Waals surface area contributed by atoms with E-state index in [4.69, 9.17) is 4.74 Å². The van der Waals surface area contributed by atoms with Crippen LogP contribution in [-0.4, -0.2) is 13.2 Å². The molecule has 0 aromatic heterocycles. The van der Waals surface area contributed by atoms with Gasteiger partial charge >= 0.3 is 0 Å². The Morgan fingerprint density at radius 3 is 2.67 bits per heavy atom. The fourth-order valence-corrected chi connectivity index (χ4v) is 2.19. The molecular weight excluding hydrogens is 186 g/mol. The molecule has 0 saturated carbocycles. The highest BCUT2D eigenvalue weighted by Gasteiger charge is 2.29. The van der Waals surface area contributed by atoms with E-state index in [0.29, 0.717) is 12.0 Å². The second-order valence-electron chi connectivity index (χ2n) is 4.54. The second kappa shape index (κ2) is 3.86. The highest BCUT2D eigenvalue weighted by Crippen LogP contribution is 2.37. The average molecular weight is 205 g/mol. The molecule has 0 aliphatic carbocycles. The van der Waals surface area contributed by atoms with Crippen molar-refractivity contribution in [2.24, 2.45) is 0 Å². The lowest BCUT2D eigenvalue weighted by atomic mass is 9.97. The van der Waals surface area contributed by atoms with Crippen molar-refractivity contribution in [3.63, 3.8) is 0 Å². The Kier molecular flexibility index (Phi) is 2.70. The monoisotopic (exact) mass is 205 g/mol. The molecule has 2 unspecified atom stereocenters. The van der Waals surface area contributed by atoms with Gasteiger partial charge in [-0.1, -0.05) is 26.0 Å². The van der Waals surface area contributed by atoms with E-state index in [0.717, 1.165) is 5.75 Å². The van der Waals surface area contributed by atoms with Gasteiger partial charge in [0, 0.05) is 5.56 Å². The Bertz CT molecular complexity index is 360. The summed E-state index contributed by atoms with van der Waals surface area (Å²) in [5, 5.41) is 3.31. The summed E-state index contributed by atoms with van der Waals surface area (Å²) in [5.41, 5.74) is 2.68. The molecule has 2 heteroatoms. The first kappa shape index (κ1) is 10.5.